The second-order valence-corrected chi connectivity index (χ2v) is 4.67. The Balaban J connectivity index is 4.01. The molecule has 0 saturated carbocycles. The molecule has 2 N–H and O–H groups in total. The van der Waals surface area contributed by atoms with Gasteiger partial charge in [-0.25, -0.2) is 0 Å². The van der Waals surface area contributed by atoms with Crippen molar-refractivity contribution in [2.75, 3.05) is 33.4 Å². The molecule has 18 heavy (non-hydrogen) atoms. The maximum atomic E-state index is 10.7. The summed E-state index contributed by atoms with van der Waals surface area (Å²) in [7, 11) is 1.59. The number of aliphatic hydroxyl groups excluding tert-OH is 1. The monoisotopic (exact) mass is 263 g/mol. The van der Waals surface area contributed by atoms with Crippen LogP contribution in [0, 0.1) is 0 Å². The molecule has 108 valence electrons. The minimum absolute atomic E-state index is 0.0622. The molecule has 0 bridgehead atoms. The Labute approximate surface area is 108 Å². The first kappa shape index (κ1) is 17.3. The summed E-state index contributed by atoms with van der Waals surface area (Å²) in [6.45, 7) is 6.48. The van der Waals surface area contributed by atoms with Gasteiger partial charge >= 0.3 is 5.97 Å². The van der Waals surface area contributed by atoms with Gasteiger partial charge in [-0.15, -0.1) is 0 Å². The Morgan fingerprint density at radius 2 is 1.89 bits per heavy atom. The van der Waals surface area contributed by atoms with Gasteiger partial charge in [0.2, 0.25) is 0 Å². The van der Waals surface area contributed by atoms with Gasteiger partial charge in [-0.3, -0.25) is 9.69 Å². The predicted molar refractivity (Wildman–Crippen MR) is 67.6 cm³/mol. The van der Waals surface area contributed by atoms with Crippen LogP contribution in [0.2, 0.25) is 0 Å². The average Bonchev–Trinajstić information content (AvgIpc) is 2.25. The largest absolute Gasteiger partial charge is 0.480 e. The van der Waals surface area contributed by atoms with Crippen molar-refractivity contribution in [3.8, 4) is 0 Å². The Bertz CT molecular complexity index is 235. The summed E-state index contributed by atoms with van der Waals surface area (Å²) >= 11 is 0. The molecule has 0 amide bonds. The number of aliphatic hydroxyl groups is 1. The highest BCUT2D eigenvalue weighted by Gasteiger charge is 2.18. The van der Waals surface area contributed by atoms with Crippen LogP contribution in [0.1, 0.15) is 20.8 Å². The van der Waals surface area contributed by atoms with Crippen LogP contribution in [0.3, 0.4) is 0 Å². The number of nitrogens with zero attached hydrogens (tertiary/aromatic N) is 1. The third-order valence-electron chi connectivity index (χ3n) is 2.49. The summed E-state index contributed by atoms with van der Waals surface area (Å²) in [4.78, 5) is 12.4. The summed E-state index contributed by atoms with van der Waals surface area (Å²) < 4.78 is 10.3. The van der Waals surface area contributed by atoms with Gasteiger partial charge in [-0.2, -0.15) is 0 Å². The molecular formula is C12H25NO5. The molecule has 2 unspecified atom stereocenters. The van der Waals surface area contributed by atoms with E-state index >= 15 is 0 Å². The van der Waals surface area contributed by atoms with Crippen molar-refractivity contribution in [3.05, 3.63) is 0 Å². The number of carbonyl (C=O) groups is 1. The van der Waals surface area contributed by atoms with Crippen LogP contribution >= 0.6 is 0 Å². The van der Waals surface area contributed by atoms with E-state index in [1.165, 1.54) is 0 Å². The van der Waals surface area contributed by atoms with Gasteiger partial charge in [0.15, 0.2) is 0 Å². The molecule has 0 saturated heterocycles. The Morgan fingerprint density at radius 3 is 2.33 bits per heavy atom. The topological polar surface area (TPSA) is 79.2 Å². The van der Waals surface area contributed by atoms with Crippen LogP contribution in [0.25, 0.3) is 0 Å². The first-order chi connectivity index (χ1) is 8.36. The number of aliphatic carboxylic acids is 1. The SMILES string of the molecule is COCC(C)OCC(O)CN(CC(=O)O)C(C)C. The van der Waals surface area contributed by atoms with Gasteiger partial charge < -0.3 is 19.7 Å². The molecule has 0 aliphatic carbocycles. The van der Waals surface area contributed by atoms with Crippen molar-refractivity contribution in [2.45, 2.75) is 39.0 Å². The van der Waals surface area contributed by atoms with Crippen molar-refractivity contribution in [1.82, 2.24) is 4.90 Å². The summed E-state index contributed by atoms with van der Waals surface area (Å²) in [5.74, 6) is -0.899. The van der Waals surface area contributed by atoms with Gasteiger partial charge in [-0.1, -0.05) is 0 Å². The minimum Gasteiger partial charge on any atom is -0.480 e. The zero-order valence-electron chi connectivity index (χ0n) is 11.6. The summed E-state index contributed by atoms with van der Waals surface area (Å²) in [6, 6.07) is 0.0622. The molecule has 6 heteroatoms. The molecular weight excluding hydrogens is 238 g/mol. The van der Waals surface area contributed by atoms with Crippen molar-refractivity contribution in [2.24, 2.45) is 0 Å². The van der Waals surface area contributed by atoms with Crippen LogP contribution in [-0.2, 0) is 14.3 Å². The third kappa shape index (κ3) is 8.41. The molecule has 0 rings (SSSR count). The van der Waals surface area contributed by atoms with Crippen LogP contribution in [0.15, 0.2) is 0 Å². The van der Waals surface area contributed by atoms with Crippen molar-refractivity contribution in [3.63, 3.8) is 0 Å². The molecule has 6 nitrogen and oxygen atoms in total. The van der Waals surface area contributed by atoms with E-state index in [1.54, 1.807) is 12.0 Å². The summed E-state index contributed by atoms with van der Waals surface area (Å²) in [5, 5.41) is 18.6. The second kappa shape index (κ2) is 9.27. The van der Waals surface area contributed by atoms with E-state index in [-0.39, 0.29) is 31.8 Å². The molecule has 0 spiro atoms. The molecule has 0 aromatic heterocycles. The Hall–Kier alpha value is -0.690. The van der Waals surface area contributed by atoms with Crippen LogP contribution in [-0.4, -0.2) is 72.7 Å². The van der Waals surface area contributed by atoms with Crippen molar-refractivity contribution >= 4 is 5.97 Å². The van der Waals surface area contributed by atoms with Gasteiger partial charge in [0.05, 0.1) is 32.0 Å². The molecule has 2 atom stereocenters. The first-order valence-corrected chi connectivity index (χ1v) is 6.11. The van der Waals surface area contributed by atoms with Gasteiger partial charge in [0.25, 0.3) is 0 Å². The molecule has 0 heterocycles. The maximum Gasteiger partial charge on any atom is 0.317 e. The number of methoxy groups -OCH3 is 1. The summed E-state index contributed by atoms with van der Waals surface area (Å²) in [6.07, 6.45) is -0.789. The fourth-order valence-corrected chi connectivity index (χ4v) is 1.51. The first-order valence-electron chi connectivity index (χ1n) is 6.11. The lowest BCUT2D eigenvalue weighted by molar-refractivity contribution is -0.139. The highest BCUT2D eigenvalue weighted by Crippen LogP contribution is 2.02. The number of rotatable bonds is 10. The average molecular weight is 263 g/mol. The zero-order valence-corrected chi connectivity index (χ0v) is 11.6. The quantitative estimate of drug-likeness (QED) is 0.586. The van der Waals surface area contributed by atoms with Crippen molar-refractivity contribution < 1.29 is 24.5 Å². The fourth-order valence-electron chi connectivity index (χ4n) is 1.51. The highest BCUT2D eigenvalue weighted by atomic mass is 16.5. The number of ether oxygens (including phenoxy) is 2. The molecule has 0 aromatic rings. The van der Waals surface area contributed by atoms with Gasteiger partial charge in [-0.05, 0) is 20.8 Å². The molecule has 0 radical (unpaired) electrons. The smallest absolute Gasteiger partial charge is 0.317 e. The van der Waals surface area contributed by atoms with Crippen molar-refractivity contribution in [1.29, 1.82) is 0 Å². The van der Waals surface area contributed by atoms with E-state index in [1.807, 2.05) is 20.8 Å². The predicted octanol–water partition coefficient (Wildman–Crippen LogP) is 0.194. The number of hydrogen-bond acceptors (Lipinski definition) is 5. The lowest BCUT2D eigenvalue weighted by Gasteiger charge is -2.27. The van der Waals surface area contributed by atoms with Gasteiger partial charge in [0, 0.05) is 19.7 Å². The van der Waals surface area contributed by atoms with Gasteiger partial charge in [0.1, 0.15) is 0 Å². The van der Waals surface area contributed by atoms with Crippen LogP contribution < -0.4 is 0 Å². The minimum atomic E-state index is -0.899. The molecule has 0 fully saturated rings. The van der Waals surface area contributed by atoms with E-state index < -0.39 is 12.1 Å². The lowest BCUT2D eigenvalue weighted by atomic mass is 10.2. The summed E-state index contributed by atoms with van der Waals surface area (Å²) in [5.41, 5.74) is 0. The molecule has 0 aliphatic rings. The van der Waals surface area contributed by atoms with Crippen LogP contribution in [0.5, 0.6) is 0 Å². The number of carboxylic acids is 1. The normalized spacial score (nSPS) is 15.1. The standard InChI is InChI=1S/C12H25NO5/c1-9(2)13(6-12(15)16)5-11(14)8-18-10(3)7-17-4/h9-11,14H,5-8H2,1-4H3,(H,15,16). The van der Waals surface area contributed by atoms with E-state index in [4.69, 9.17) is 14.6 Å². The van der Waals surface area contributed by atoms with E-state index in [2.05, 4.69) is 0 Å². The van der Waals surface area contributed by atoms with Crippen LogP contribution in [0.4, 0.5) is 0 Å². The molecule has 0 aromatic carbocycles. The van der Waals surface area contributed by atoms with E-state index in [0.717, 1.165) is 0 Å². The molecule has 0 aliphatic heterocycles. The Morgan fingerprint density at radius 1 is 1.28 bits per heavy atom. The number of carboxylic acid groups (broad SMARTS) is 1. The Kier molecular flexibility index (Phi) is 8.91. The van der Waals surface area contributed by atoms with E-state index in [0.29, 0.717) is 6.61 Å². The lowest BCUT2D eigenvalue weighted by Crippen LogP contribution is -2.42. The highest BCUT2D eigenvalue weighted by molar-refractivity contribution is 5.69. The maximum absolute atomic E-state index is 10.7. The fraction of sp³-hybridized carbons (Fsp3) is 0.917. The number of hydrogen-bond donors (Lipinski definition) is 2. The zero-order chi connectivity index (χ0) is 14.1. The van der Waals surface area contributed by atoms with E-state index in [9.17, 15) is 9.90 Å². The third-order valence-corrected chi connectivity index (χ3v) is 2.49. The second-order valence-electron chi connectivity index (χ2n) is 4.67.